The summed E-state index contributed by atoms with van der Waals surface area (Å²) in [6.07, 6.45) is 7.60. The van der Waals surface area contributed by atoms with E-state index in [1.807, 2.05) is 111 Å². The molecule has 7 aromatic rings. The molecule has 8 nitrogen and oxygen atoms in total. The van der Waals surface area contributed by atoms with Gasteiger partial charge in [0.1, 0.15) is 17.3 Å². The Kier molecular flexibility index (Phi) is 16.6. The molecule has 54 heavy (non-hydrogen) atoms. The minimum absolute atomic E-state index is 0.108. The van der Waals surface area contributed by atoms with Crippen molar-refractivity contribution >= 4 is 74.5 Å². The van der Waals surface area contributed by atoms with Gasteiger partial charge in [-0.05, 0) is 65.1 Å². The number of para-hydroxylation sites is 2. The number of anilines is 2. The molecular weight excluding hydrogens is 739 g/mol. The monoisotopic (exact) mass is 780 g/mol. The molecule has 0 amide bonds. The van der Waals surface area contributed by atoms with Gasteiger partial charge in [0.05, 0.1) is 22.4 Å². The van der Waals surface area contributed by atoms with Crippen molar-refractivity contribution < 1.29 is 9.90 Å². The summed E-state index contributed by atoms with van der Waals surface area (Å²) >= 11 is 18.0. The van der Waals surface area contributed by atoms with Crippen LogP contribution in [0.3, 0.4) is 0 Å². The van der Waals surface area contributed by atoms with Crippen LogP contribution in [0.5, 0.6) is 0 Å². The SMILES string of the molecule is CC(C=O)c1ccccc1Cl.CC(CNc1cccc2nccnc12)c1ccccc1Cl.CC(CO)c1ccccc1Cl.Nc1cccc2nccnc12. The van der Waals surface area contributed by atoms with E-state index in [0.717, 1.165) is 67.3 Å². The minimum atomic E-state index is -0.108. The van der Waals surface area contributed by atoms with Crippen LogP contribution in [0.15, 0.2) is 134 Å². The van der Waals surface area contributed by atoms with E-state index in [2.05, 4.69) is 38.2 Å². The average Bonchev–Trinajstić information content (AvgIpc) is 3.21. The summed E-state index contributed by atoms with van der Waals surface area (Å²) in [6.45, 7) is 6.86. The van der Waals surface area contributed by atoms with Gasteiger partial charge in [-0.3, -0.25) is 19.9 Å². The van der Waals surface area contributed by atoms with E-state index in [1.165, 1.54) is 0 Å². The largest absolute Gasteiger partial charge is 0.397 e. The summed E-state index contributed by atoms with van der Waals surface area (Å²) in [7, 11) is 0. The number of rotatable bonds is 8. The lowest BCUT2D eigenvalue weighted by Gasteiger charge is -2.16. The number of fused-ring (bicyclic) bond motifs is 2. The first kappa shape index (κ1) is 41.6. The standard InChI is InChI=1S/C17H16ClN3.C9H11ClO.C9H9ClO.C8H7N3/c1-12(13-5-2-3-6-14(13)18)11-21-16-8-4-7-15-17(16)20-10-9-19-15;2*1-7(6-11)8-4-2-3-5-9(8)10;9-6-2-1-3-7-8(6)11-5-4-10-7/h2-10,12,21H,11H2,1H3;2-5,7,11H,6H2,1H3;2-7H,1H3;1-5H,9H2. The first-order valence-corrected chi connectivity index (χ1v) is 18.5. The van der Waals surface area contributed by atoms with E-state index < -0.39 is 0 Å². The van der Waals surface area contributed by atoms with Gasteiger partial charge < -0.3 is 21.0 Å². The van der Waals surface area contributed by atoms with Crippen molar-refractivity contribution in [1.29, 1.82) is 0 Å². The van der Waals surface area contributed by atoms with Crippen LogP contribution in [-0.2, 0) is 4.79 Å². The summed E-state index contributed by atoms with van der Waals surface area (Å²) in [5, 5.41) is 14.5. The zero-order chi connectivity index (χ0) is 38.9. The van der Waals surface area contributed by atoms with E-state index >= 15 is 0 Å². The summed E-state index contributed by atoms with van der Waals surface area (Å²) in [4.78, 5) is 27.3. The summed E-state index contributed by atoms with van der Waals surface area (Å²) in [5.41, 5.74) is 13.8. The number of aliphatic hydroxyl groups excluding tert-OH is 1. The molecule has 0 spiro atoms. The highest BCUT2D eigenvalue weighted by Gasteiger charge is 2.11. The number of aromatic nitrogens is 4. The van der Waals surface area contributed by atoms with Crippen molar-refractivity contribution in [2.75, 3.05) is 24.2 Å². The van der Waals surface area contributed by atoms with Gasteiger partial charge in [-0.2, -0.15) is 0 Å². The van der Waals surface area contributed by atoms with E-state index in [9.17, 15) is 4.79 Å². The van der Waals surface area contributed by atoms with Crippen molar-refractivity contribution in [3.8, 4) is 0 Å². The van der Waals surface area contributed by atoms with E-state index in [4.69, 9.17) is 45.6 Å². The molecule has 3 atom stereocenters. The Morgan fingerprint density at radius 3 is 1.59 bits per heavy atom. The van der Waals surface area contributed by atoms with Gasteiger partial charge in [-0.1, -0.05) is 122 Å². The van der Waals surface area contributed by atoms with Gasteiger partial charge in [0.2, 0.25) is 0 Å². The van der Waals surface area contributed by atoms with Crippen LogP contribution in [0.1, 0.15) is 55.2 Å². The topological polar surface area (TPSA) is 127 Å². The second kappa shape index (κ2) is 21.5. The molecule has 5 aromatic carbocycles. The number of carbonyl (C=O) groups excluding carboxylic acids is 1. The number of nitrogens with one attached hydrogen (secondary N) is 1. The lowest BCUT2D eigenvalue weighted by molar-refractivity contribution is -0.108. The molecule has 0 saturated carbocycles. The third-order valence-corrected chi connectivity index (χ3v) is 9.41. The smallest absolute Gasteiger partial charge is 0.127 e. The van der Waals surface area contributed by atoms with E-state index in [1.54, 1.807) is 30.9 Å². The highest BCUT2D eigenvalue weighted by atomic mass is 35.5. The molecule has 0 radical (unpaired) electrons. The molecule has 278 valence electrons. The van der Waals surface area contributed by atoms with Crippen LogP contribution in [-0.4, -0.2) is 44.5 Å². The van der Waals surface area contributed by atoms with Gasteiger partial charge in [0.15, 0.2) is 0 Å². The molecule has 7 rings (SSSR count). The van der Waals surface area contributed by atoms with Crippen molar-refractivity contribution in [3.63, 3.8) is 0 Å². The molecule has 2 heterocycles. The normalized spacial score (nSPS) is 12.1. The van der Waals surface area contributed by atoms with Crippen molar-refractivity contribution in [3.05, 3.63) is 166 Å². The number of nitrogens with zero attached hydrogens (tertiary/aromatic N) is 4. The molecule has 11 heteroatoms. The van der Waals surface area contributed by atoms with Crippen LogP contribution in [0, 0.1) is 0 Å². The lowest BCUT2D eigenvalue weighted by Crippen LogP contribution is -2.10. The van der Waals surface area contributed by atoms with Gasteiger partial charge in [-0.25, -0.2) is 0 Å². The molecular formula is C43H43Cl3N6O2. The van der Waals surface area contributed by atoms with Crippen LogP contribution >= 0.6 is 34.8 Å². The Morgan fingerprint density at radius 1 is 0.611 bits per heavy atom. The van der Waals surface area contributed by atoms with Crippen molar-refractivity contribution in [2.24, 2.45) is 0 Å². The Balaban J connectivity index is 0.000000170. The number of carbonyl (C=O) groups is 1. The van der Waals surface area contributed by atoms with Crippen LogP contribution < -0.4 is 11.1 Å². The van der Waals surface area contributed by atoms with Crippen molar-refractivity contribution in [1.82, 2.24) is 19.9 Å². The maximum Gasteiger partial charge on any atom is 0.127 e. The van der Waals surface area contributed by atoms with Crippen molar-refractivity contribution in [2.45, 2.75) is 38.5 Å². The molecule has 4 N–H and O–H groups in total. The van der Waals surface area contributed by atoms with Gasteiger partial charge in [-0.15, -0.1) is 0 Å². The number of aliphatic hydroxyl groups is 1. The first-order valence-electron chi connectivity index (χ1n) is 17.3. The minimum Gasteiger partial charge on any atom is -0.397 e. The number of benzene rings is 5. The molecule has 0 fully saturated rings. The van der Waals surface area contributed by atoms with Crippen LogP contribution in [0.2, 0.25) is 15.1 Å². The molecule has 0 aliphatic rings. The predicted molar refractivity (Wildman–Crippen MR) is 225 cm³/mol. The number of nitrogen functional groups attached to an aromatic ring is 1. The Hall–Kier alpha value is -5.12. The summed E-state index contributed by atoms with van der Waals surface area (Å²) in [6, 6.07) is 34.5. The third kappa shape index (κ3) is 11.9. The number of nitrogens with two attached hydrogens (primary N) is 1. The quantitative estimate of drug-likeness (QED) is 0.103. The van der Waals surface area contributed by atoms with Gasteiger partial charge in [0.25, 0.3) is 0 Å². The van der Waals surface area contributed by atoms with E-state index in [-0.39, 0.29) is 18.4 Å². The number of aldehydes is 1. The molecule has 2 aromatic heterocycles. The highest BCUT2D eigenvalue weighted by molar-refractivity contribution is 6.32. The molecule has 0 bridgehead atoms. The molecule has 0 aliphatic carbocycles. The zero-order valence-electron chi connectivity index (χ0n) is 30.3. The number of halogens is 3. The van der Waals surface area contributed by atoms with Gasteiger partial charge >= 0.3 is 0 Å². The Labute approximate surface area is 331 Å². The molecule has 3 unspecified atom stereocenters. The fourth-order valence-corrected chi connectivity index (χ4v) is 6.24. The average molecular weight is 782 g/mol. The molecule has 0 aliphatic heterocycles. The fraction of sp³-hybridized carbons (Fsp3) is 0.186. The Morgan fingerprint density at radius 2 is 1.07 bits per heavy atom. The summed E-state index contributed by atoms with van der Waals surface area (Å²) < 4.78 is 0. The van der Waals surface area contributed by atoms with Crippen LogP contribution in [0.25, 0.3) is 22.1 Å². The number of hydrogen-bond donors (Lipinski definition) is 3. The second-order valence-electron chi connectivity index (χ2n) is 12.4. The third-order valence-electron chi connectivity index (χ3n) is 8.37. The van der Waals surface area contributed by atoms with Gasteiger partial charge in [0, 0.05) is 64.8 Å². The Bertz CT molecular complexity index is 2230. The second-order valence-corrected chi connectivity index (χ2v) is 13.6. The number of hydrogen-bond acceptors (Lipinski definition) is 8. The molecule has 0 saturated heterocycles. The maximum absolute atomic E-state index is 10.4. The lowest BCUT2D eigenvalue weighted by atomic mass is 10.0. The first-order chi connectivity index (χ1) is 26.1. The fourth-order valence-electron chi connectivity index (χ4n) is 5.29. The van der Waals surface area contributed by atoms with E-state index in [0.29, 0.717) is 16.6 Å². The zero-order valence-corrected chi connectivity index (χ0v) is 32.5. The maximum atomic E-state index is 10.4. The predicted octanol–water partition coefficient (Wildman–Crippen LogP) is 10.8. The highest BCUT2D eigenvalue weighted by Crippen LogP contribution is 2.26. The summed E-state index contributed by atoms with van der Waals surface area (Å²) in [5.74, 6) is 0.332. The van der Waals surface area contributed by atoms with Crippen LogP contribution in [0.4, 0.5) is 11.4 Å².